The van der Waals surface area contributed by atoms with Gasteiger partial charge in [0.25, 0.3) is 0 Å². The second kappa shape index (κ2) is 33.1. The summed E-state index contributed by atoms with van der Waals surface area (Å²) < 4.78 is 0. The molecule has 3 aromatic carbocycles. The van der Waals surface area contributed by atoms with Crippen LogP contribution < -0.4 is 16.0 Å². The van der Waals surface area contributed by atoms with Gasteiger partial charge in [-0.1, -0.05) is 133 Å². The number of likely N-dealkylation sites (N-methyl/N-ethyl adjacent to an activating group) is 6. The number of aliphatic hydroxyl groups is 1. The Kier molecular flexibility index (Phi) is 26.7. The van der Waals surface area contributed by atoms with Crippen LogP contribution in [0.15, 0.2) is 91.0 Å². The van der Waals surface area contributed by atoms with E-state index >= 15 is 33.6 Å². The fourth-order valence-electron chi connectivity index (χ4n) is 11.6. The molecule has 2 fully saturated rings. The van der Waals surface area contributed by atoms with E-state index < -0.39 is 126 Å². The third-order valence-electron chi connectivity index (χ3n) is 17.1. The fraction of sp³-hybridized carbons (Fsp3) is 0.582. The van der Waals surface area contributed by atoms with E-state index in [4.69, 9.17) is 0 Å². The van der Waals surface area contributed by atoms with Gasteiger partial charge < -0.3 is 55.4 Å². The van der Waals surface area contributed by atoms with Gasteiger partial charge in [0.05, 0.1) is 12.5 Å². The summed E-state index contributed by atoms with van der Waals surface area (Å²) in [6.07, 6.45) is 0.337. The molecule has 3 aromatic rings. The summed E-state index contributed by atoms with van der Waals surface area (Å²) in [6.45, 7) is 14.8. The first-order chi connectivity index (χ1) is 41.5. The molecule has 0 spiro atoms. The zero-order chi connectivity index (χ0) is 65.3. The number of hydrogen-bond acceptors (Lipinski definition) is 11. The molecule has 4 N–H and O–H groups in total. The van der Waals surface area contributed by atoms with Gasteiger partial charge in [0, 0.05) is 74.6 Å². The predicted octanol–water partition coefficient (Wildman–Crippen LogP) is 4.09. The summed E-state index contributed by atoms with van der Waals surface area (Å²) in [4.78, 5) is 159. The van der Waals surface area contributed by atoms with Crippen molar-refractivity contribution in [3.63, 3.8) is 0 Å². The maximum atomic E-state index is 15.4. The van der Waals surface area contributed by atoms with Gasteiger partial charge in [0.2, 0.25) is 59.1 Å². The van der Waals surface area contributed by atoms with E-state index in [1.165, 1.54) is 80.6 Å². The van der Waals surface area contributed by atoms with E-state index in [1.54, 1.807) is 89.8 Å². The summed E-state index contributed by atoms with van der Waals surface area (Å²) in [5, 5.41) is 20.1. The average molecular weight is 1220 g/mol. The largest absolute Gasteiger partial charge is 0.391 e. The number of benzene rings is 3. The number of carbonyl (C=O) groups is 10. The second-order valence-electron chi connectivity index (χ2n) is 25.4. The zero-order valence-corrected chi connectivity index (χ0v) is 54.3. The highest BCUT2D eigenvalue weighted by Crippen LogP contribution is 2.24. The van der Waals surface area contributed by atoms with Crippen LogP contribution in [0.3, 0.4) is 0 Å². The Labute approximate surface area is 521 Å². The summed E-state index contributed by atoms with van der Waals surface area (Å²) in [6, 6.07) is 14.8. The van der Waals surface area contributed by atoms with Crippen LogP contribution >= 0.6 is 0 Å². The highest BCUT2D eigenvalue weighted by Gasteiger charge is 2.44. The molecular weight excluding hydrogens is 1120 g/mol. The van der Waals surface area contributed by atoms with Gasteiger partial charge in [0.1, 0.15) is 54.4 Å². The minimum absolute atomic E-state index is 0.00451. The first-order valence-electron chi connectivity index (χ1n) is 31.1. The molecule has 88 heavy (non-hydrogen) atoms. The van der Waals surface area contributed by atoms with Crippen LogP contribution in [0.2, 0.25) is 0 Å². The summed E-state index contributed by atoms with van der Waals surface area (Å²) in [5.74, 6) is -7.43. The minimum Gasteiger partial charge on any atom is -0.391 e. The van der Waals surface area contributed by atoms with Crippen LogP contribution in [0.5, 0.6) is 0 Å². The third-order valence-corrected chi connectivity index (χ3v) is 17.1. The monoisotopic (exact) mass is 1220 g/mol. The molecular formula is C67H98N10O11. The van der Waals surface area contributed by atoms with Crippen molar-refractivity contribution in [2.75, 3.05) is 55.4 Å². The first kappa shape index (κ1) is 71.1. The Morgan fingerprint density at radius 1 is 0.455 bits per heavy atom. The van der Waals surface area contributed by atoms with Crippen molar-refractivity contribution in [3.05, 3.63) is 108 Å². The molecule has 5 rings (SSSR count). The SMILES string of the molecule is CC(C)C[C@@H]1NC(=O)[C@H](Cc2ccccc2)N(C)C(=O)[C@H](CC(C)C)N(C)C(=O)[C@@H](C)N(C)C(=O)C[C@@H](C(=O)N2CCCCC2)NC(=O)[C@H](CC(C)C)N(C)C(=O)[C@H](Cc2ccccc2)N(C)C(=O)[C@H]([C@@H](C)O)NC(=O)[C@H](Cc2ccccc2)N(C)C1=O. The lowest BCUT2D eigenvalue weighted by Gasteiger charge is -2.39. The molecule has 2 aliphatic heterocycles. The Bertz CT molecular complexity index is 2850. The number of nitrogens with zero attached hydrogens (tertiary/aromatic N) is 7. The molecule has 482 valence electrons. The Balaban J connectivity index is 1.72. The standard InChI is InChI=1S/C67H98N10O11/c1-42(2)35-50-63(84)72(10)54(39-48-29-21-16-22-30-48)61(82)70-58(46(8)78)67(88)76(14)56(40-49-31-23-17-24-32-49)66(87)73(11)52(36-43(3)4)59(80)69-51(64(85)77-33-25-18-26-34-77)41-57(79)71(9)45(7)62(83)75(13)55(37-44(5)6)65(86)74(12)53(60(81)68-50)38-47-27-19-15-20-28-47/h15-17,19-24,27-32,42-46,50-56,58,78H,18,25-26,33-41H2,1-14H3,(H,68,81)(H,69,80)(H,70,82)/t45-,46-,50+,51+,52+,53+,54+,55+,56+,58+/m1/s1. The van der Waals surface area contributed by atoms with Crippen molar-refractivity contribution in [3.8, 4) is 0 Å². The topological polar surface area (TPSA) is 250 Å². The van der Waals surface area contributed by atoms with E-state index in [2.05, 4.69) is 16.0 Å². The first-order valence-corrected chi connectivity index (χ1v) is 31.1. The summed E-state index contributed by atoms with van der Waals surface area (Å²) >= 11 is 0. The van der Waals surface area contributed by atoms with E-state index in [9.17, 15) is 19.5 Å². The molecule has 0 aliphatic carbocycles. The highest BCUT2D eigenvalue weighted by atomic mass is 16.3. The Morgan fingerprint density at radius 3 is 1.31 bits per heavy atom. The molecule has 2 heterocycles. The van der Waals surface area contributed by atoms with Crippen molar-refractivity contribution in [2.24, 2.45) is 17.8 Å². The van der Waals surface area contributed by atoms with Crippen molar-refractivity contribution < 1.29 is 53.1 Å². The second-order valence-corrected chi connectivity index (χ2v) is 25.4. The predicted molar refractivity (Wildman–Crippen MR) is 336 cm³/mol. The highest BCUT2D eigenvalue weighted by molar-refractivity contribution is 6.00. The number of amides is 10. The van der Waals surface area contributed by atoms with Gasteiger partial charge in [-0.25, -0.2) is 0 Å². The lowest BCUT2D eigenvalue weighted by Crippen LogP contribution is -2.63. The van der Waals surface area contributed by atoms with Gasteiger partial charge in [-0.3, -0.25) is 47.9 Å². The fourth-order valence-corrected chi connectivity index (χ4v) is 11.6. The number of nitrogens with one attached hydrogen (secondary N) is 3. The molecule has 2 saturated heterocycles. The molecule has 0 bridgehead atoms. The van der Waals surface area contributed by atoms with Crippen LogP contribution in [0.25, 0.3) is 0 Å². The van der Waals surface area contributed by atoms with E-state index in [-0.39, 0.29) is 56.3 Å². The molecule has 21 nitrogen and oxygen atoms in total. The molecule has 0 unspecified atom stereocenters. The van der Waals surface area contributed by atoms with Gasteiger partial charge in [-0.05, 0) is 86.8 Å². The molecule has 0 saturated carbocycles. The van der Waals surface area contributed by atoms with Crippen LogP contribution in [0.4, 0.5) is 0 Å². The van der Waals surface area contributed by atoms with E-state index in [0.717, 1.165) is 11.3 Å². The van der Waals surface area contributed by atoms with Crippen LogP contribution in [-0.4, -0.2) is 214 Å². The molecule has 10 amide bonds. The van der Waals surface area contributed by atoms with E-state index in [1.807, 2.05) is 47.6 Å². The lowest BCUT2D eigenvalue weighted by atomic mass is 9.97. The number of aliphatic hydroxyl groups excluding tert-OH is 1. The van der Waals surface area contributed by atoms with Crippen molar-refractivity contribution in [1.29, 1.82) is 0 Å². The Hall–Kier alpha value is -7.68. The van der Waals surface area contributed by atoms with Gasteiger partial charge in [-0.15, -0.1) is 0 Å². The molecule has 21 heteroatoms. The van der Waals surface area contributed by atoms with Crippen LogP contribution in [-0.2, 0) is 67.2 Å². The average Bonchev–Trinajstić information content (AvgIpc) is 1.22. The van der Waals surface area contributed by atoms with Gasteiger partial charge in [-0.2, -0.15) is 0 Å². The number of likely N-dealkylation sites (tertiary alicyclic amines) is 1. The van der Waals surface area contributed by atoms with Gasteiger partial charge >= 0.3 is 0 Å². The molecule has 10 atom stereocenters. The molecule has 2 aliphatic rings. The van der Waals surface area contributed by atoms with Gasteiger partial charge in [0.15, 0.2) is 0 Å². The minimum atomic E-state index is -1.69. The quantitative estimate of drug-likeness (QED) is 0.179. The summed E-state index contributed by atoms with van der Waals surface area (Å²) in [5.41, 5.74) is 1.97. The van der Waals surface area contributed by atoms with E-state index in [0.29, 0.717) is 42.6 Å². The Morgan fingerprint density at radius 2 is 0.841 bits per heavy atom. The smallest absolute Gasteiger partial charge is 0.248 e. The molecule has 0 radical (unpaired) electrons. The number of rotatable bonds is 14. The number of hydrogen-bond donors (Lipinski definition) is 4. The maximum Gasteiger partial charge on any atom is 0.248 e. The number of piperidine rings is 1. The zero-order valence-electron chi connectivity index (χ0n) is 54.3. The number of carbonyl (C=O) groups excluding carboxylic acids is 10. The van der Waals surface area contributed by atoms with Crippen molar-refractivity contribution >= 4 is 59.1 Å². The van der Waals surface area contributed by atoms with Crippen molar-refractivity contribution in [1.82, 2.24) is 50.2 Å². The van der Waals surface area contributed by atoms with Crippen molar-refractivity contribution in [2.45, 2.75) is 180 Å². The summed E-state index contributed by atoms with van der Waals surface area (Å²) in [7, 11) is 8.57. The normalized spacial score (nSPS) is 25.0. The third kappa shape index (κ3) is 19.2. The lowest BCUT2D eigenvalue weighted by molar-refractivity contribution is -0.153. The maximum absolute atomic E-state index is 15.4. The van der Waals surface area contributed by atoms with Crippen LogP contribution in [0, 0.1) is 17.8 Å². The van der Waals surface area contributed by atoms with Crippen LogP contribution in [0.1, 0.15) is 117 Å². The molecule has 0 aromatic heterocycles.